The highest BCUT2D eigenvalue weighted by molar-refractivity contribution is 5.82. The minimum atomic E-state index is -0.345. The lowest BCUT2D eigenvalue weighted by Gasteiger charge is -2.26. The van der Waals surface area contributed by atoms with E-state index in [0.717, 1.165) is 24.8 Å². The van der Waals surface area contributed by atoms with Gasteiger partial charge >= 0.3 is 5.97 Å². The Morgan fingerprint density at radius 1 is 1.16 bits per heavy atom. The van der Waals surface area contributed by atoms with Gasteiger partial charge in [0.2, 0.25) is 0 Å². The summed E-state index contributed by atoms with van der Waals surface area (Å²) in [6, 6.07) is 9.82. The molecule has 1 aromatic rings. The lowest BCUT2D eigenvalue weighted by molar-refractivity contribution is -0.154. The molecule has 0 bridgehead atoms. The van der Waals surface area contributed by atoms with Gasteiger partial charge in [-0.2, -0.15) is 0 Å². The van der Waals surface area contributed by atoms with Crippen LogP contribution in [0.1, 0.15) is 38.2 Å². The number of ether oxygens (including phenoxy) is 1. The Hall–Kier alpha value is -1.92. The van der Waals surface area contributed by atoms with Gasteiger partial charge in [0.05, 0.1) is 0 Å². The lowest BCUT2D eigenvalue weighted by Crippen LogP contribution is -2.42. The summed E-state index contributed by atoms with van der Waals surface area (Å²) in [4.78, 5) is 26.5. The highest BCUT2D eigenvalue weighted by atomic mass is 16.5. The summed E-state index contributed by atoms with van der Waals surface area (Å²) in [6.07, 6.45) is 4.45. The first kappa shape index (κ1) is 17.9. The van der Waals surface area contributed by atoms with Crippen LogP contribution in [0.15, 0.2) is 30.3 Å². The van der Waals surface area contributed by atoms with E-state index in [1.165, 1.54) is 6.42 Å². The number of carbonyl (C=O) groups excluding carboxylic acids is 2. The largest absolute Gasteiger partial charge is 0.454 e. The second-order valence-electron chi connectivity index (χ2n) is 6.82. The van der Waals surface area contributed by atoms with E-state index in [1.54, 1.807) is 4.90 Å². The Balaban J connectivity index is 1.49. The molecular weight excluding hydrogens is 318 g/mol. The Morgan fingerprint density at radius 3 is 2.68 bits per heavy atom. The fourth-order valence-electron chi connectivity index (χ4n) is 3.77. The van der Waals surface area contributed by atoms with Crippen LogP contribution in [0.3, 0.4) is 0 Å². The van der Waals surface area contributed by atoms with Crippen LogP contribution in [-0.4, -0.2) is 42.0 Å². The minimum Gasteiger partial charge on any atom is -0.454 e. The number of amides is 1. The summed E-state index contributed by atoms with van der Waals surface area (Å²) in [5.74, 6) is -0.222. The van der Waals surface area contributed by atoms with E-state index in [2.05, 4.69) is 10.9 Å². The van der Waals surface area contributed by atoms with Crippen molar-refractivity contribution in [2.24, 2.45) is 5.92 Å². The number of hydrogen-bond donors (Lipinski definition) is 2. The minimum absolute atomic E-state index is 0.161. The number of carbonyl (C=O) groups is 2. The van der Waals surface area contributed by atoms with Gasteiger partial charge in [-0.05, 0) is 25.3 Å². The third-order valence-corrected chi connectivity index (χ3v) is 5.21. The molecule has 3 unspecified atom stereocenters. The zero-order valence-electron chi connectivity index (χ0n) is 14.7. The Kier molecular flexibility index (Phi) is 6.04. The van der Waals surface area contributed by atoms with Gasteiger partial charge in [0.15, 0.2) is 6.61 Å². The maximum atomic E-state index is 12.4. The van der Waals surface area contributed by atoms with Crippen molar-refractivity contribution in [3.63, 3.8) is 0 Å². The number of esters is 1. The molecule has 1 saturated heterocycles. The van der Waals surface area contributed by atoms with Crippen LogP contribution >= 0.6 is 0 Å². The summed E-state index contributed by atoms with van der Waals surface area (Å²) in [5, 5.41) is 0. The number of nitrogens with zero attached hydrogens (tertiary/aromatic N) is 1. The average Bonchev–Trinajstić information content (AvgIpc) is 3.09. The quantitative estimate of drug-likeness (QED) is 0.767. The predicted octanol–water partition coefficient (Wildman–Crippen LogP) is 1.61. The summed E-state index contributed by atoms with van der Waals surface area (Å²) in [5.41, 5.74) is 7.32. The second-order valence-corrected chi connectivity index (χ2v) is 6.82. The van der Waals surface area contributed by atoms with Crippen LogP contribution in [0.25, 0.3) is 0 Å². The molecule has 1 aromatic carbocycles. The first-order chi connectivity index (χ1) is 12.2. The van der Waals surface area contributed by atoms with E-state index >= 15 is 0 Å². The fourth-order valence-corrected chi connectivity index (χ4v) is 3.77. The zero-order chi connectivity index (χ0) is 17.6. The topological polar surface area (TPSA) is 70.7 Å². The molecule has 2 N–H and O–H groups in total. The summed E-state index contributed by atoms with van der Waals surface area (Å²) in [6.45, 7) is 2.84. The standard InChI is InChI=1S/C19H27N3O3/c1-2-22(12-14-8-4-3-5-9-14)17(23)13-25-19(24)18-15-10-6-7-11-16(15)20-21-18/h3-5,8-9,15-16,18,20-21H,2,6-7,10-13H2,1H3. The van der Waals surface area contributed by atoms with Gasteiger partial charge in [-0.1, -0.05) is 43.2 Å². The van der Waals surface area contributed by atoms with Gasteiger partial charge in [0.1, 0.15) is 6.04 Å². The van der Waals surface area contributed by atoms with Gasteiger partial charge in [0.25, 0.3) is 5.91 Å². The Morgan fingerprint density at radius 2 is 1.92 bits per heavy atom. The smallest absolute Gasteiger partial charge is 0.325 e. The first-order valence-electron chi connectivity index (χ1n) is 9.18. The van der Waals surface area contributed by atoms with Crippen LogP contribution in [0.5, 0.6) is 0 Å². The van der Waals surface area contributed by atoms with Crippen molar-refractivity contribution in [1.29, 1.82) is 0 Å². The number of benzene rings is 1. The maximum Gasteiger partial charge on any atom is 0.325 e. The van der Waals surface area contributed by atoms with Crippen molar-refractivity contribution in [3.8, 4) is 0 Å². The molecule has 1 heterocycles. The number of hydrogen-bond acceptors (Lipinski definition) is 5. The van der Waals surface area contributed by atoms with Gasteiger partial charge < -0.3 is 9.64 Å². The average molecular weight is 345 g/mol. The molecule has 1 amide bonds. The molecule has 2 fully saturated rings. The Bertz CT molecular complexity index is 593. The monoisotopic (exact) mass is 345 g/mol. The summed E-state index contributed by atoms with van der Waals surface area (Å²) in [7, 11) is 0. The van der Waals surface area contributed by atoms with Gasteiger partial charge in [0, 0.05) is 25.0 Å². The molecular formula is C19H27N3O3. The molecule has 6 nitrogen and oxygen atoms in total. The molecule has 3 atom stereocenters. The van der Waals surface area contributed by atoms with Gasteiger partial charge in [-0.3, -0.25) is 15.0 Å². The third-order valence-electron chi connectivity index (χ3n) is 5.21. The third kappa shape index (κ3) is 4.38. The predicted molar refractivity (Wildman–Crippen MR) is 94.3 cm³/mol. The van der Waals surface area contributed by atoms with Crippen LogP contribution in [0.4, 0.5) is 0 Å². The molecule has 6 heteroatoms. The van der Waals surface area contributed by atoms with E-state index in [0.29, 0.717) is 19.1 Å². The molecule has 136 valence electrons. The maximum absolute atomic E-state index is 12.4. The lowest BCUT2D eigenvalue weighted by atomic mass is 9.82. The van der Waals surface area contributed by atoms with Crippen molar-refractivity contribution in [3.05, 3.63) is 35.9 Å². The Labute approximate surface area is 148 Å². The molecule has 0 aromatic heterocycles. The molecule has 1 saturated carbocycles. The molecule has 3 rings (SSSR count). The molecule has 0 radical (unpaired) electrons. The summed E-state index contributed by atoms with van der Waals surface area (Å²) < 4.78 is 5.32. The number of hydrazine groups is 1. The van der Waals surface area contributed by atoms with Gasteiger partial charge in [-0.25, -0.2) is 5.43 Å². The number of likely N-dealkylation sites (N-methyl/N-ethyl adjacent to an activating group) is 1. The number of nitrogens with one attached hydrogen (secondary N) is 2. The summed E-state index contributed by atoms with van der Waals surface area (Å²) >= 11 is 0. The van der Waals surface area contributed by atoms with E-state index in [-0.39, 0.29) is 30.4 Å². The first-order valence-corrected chi connectivity index (χ1v) is 9.18. The van der Waals surface area contributed by atoms with E-state index in [4.69, 9.17) is 4.74 Å². The second kappa shape index (κ2) is 8.45. The van der Waals surface area contributed by atoms with Crippen LogP contribution in [0.2, 0.25) is 0 Å². The van der Waals surface area contributed by atoms with Crippen LogP contribution in [-0.2, 0) is 20.9 Å². The van der Waals surface area contributed by atoms with Crippen molar-refractivity contribution in [1.82, 2.24) is 15.8 Å². The van der Waals surface area contributed by atoms with E-state index in [9.17, 15) is 9.59 Å². The van der Waals surface area contributed by atoms with Crippen molar-refractivity contribution in [2.45, 2.75) is 51.2 Å². The van der Waals surface area contributed by atoms with E-state index < -0.39 is 0 Å². The molecule has 0 spiro atoms. The van der Waals surface area contributed by atoms with Crippen molar-refractivity contribution in [2.75, 3.05) is 13.2 Å². The van der Waals surface area contributed by atoms with Crippen LogP contribution < -0.4 is 10.9 Å². The van der Waals surface area contributed by atoms with Crippen LogP contribution in [0, 0.1) is 5.92 Å². The molecule has 1 aliphatic carbocycles. The van der Waals surface area contributed by atoms with Gasteiger partial charge in [-0.15, -0.1) is 0 Å². The number of fused-ring (bicyclic) bond motifs is 1. The zero-order valence-corrected chi connectivity index (χ0v) is 14.7. The molecule has 25 heavy (non-hydrogen) atoms. The molecule has 2 aliphatic rings. The SMILES string of the molecule is CCN(Cc1ccccc1)C(=O)COC(=O)C1NNC2CCCCC21. The highest BCUT2D eigenvalue weighted by Crippen LogP contribution is 2.30. The van der Waals surface area contributed by atoms with Crippen molar-refractivity contribution < 1.29 is 14.3 Å². The van der Waals surface area contributed by atoms with Crippen molar-refractivity contribution >= 4 is 11.9 Å². The van der Waals surface area contributed by atoms with E-state index in [1.807, 2.05) is 37.3 Å². The normalized spacial score (nSPS) is 25.2. The molecule has 1 aliphatic heterocycles. The number of rotatable bonds is 6. The highest BCUT2D eigenvalue weighted by Gasteiger charge is 2.42. The fraction of sp³-hybridized carbons (Fsp3) is 0.579.